The highest BCUT2D eigenvalue weighted by Crippen LogP contribution is 2.15. The standard InChI is InChI=1S/C21H24O5/c1-3-25-21(23)17-9-13-19(14-10-17)26-15-5-4-6-20(22)16-7-11-18(24-2)12-8-16/h7-14H,3-6,15H2,1-2H3. The number of hydrogen-bond acceptors (Lipinski definition) is 5. The molecule has 0 radical (unpaired) electrons. The molecule has 0 N–H and O–H groups in total. The molecule has 0 aromatic heterocycles. The van der Waals surface area contributed by atoms with E-state index < -0.39 is 0 Å². The van der Waals surface area contributed by atoms with Crippen molar-refractivity contribution in [3.05, 3.63) is 59.7 Å². The normalized spacial score (nSPS) is 10.2. The summed E-state index contributed by atoms with van der Waals surface area (Å²) in [6, 6.07) is 14.0. The topological polar surface area (TPSA) is 61.8 Å². The van der Waals surface area contributed by atoms with Crippen molar-refractivity contribution in [3.63, 3.8) is 0 Å². The van der Waals surface area contributed by atoms with Crippen LogP contribution in [0.25, 0.3) is 0 Å². The molecule has 2 rings (SSSR count). The number of methoxy groups -OCH3 is 1. The van der Waals surface area contributed by atoms with Gasteiger partial charge in [-0.15, -0.1) is 0 Å². The van der Waals surface area contributed by atoms with Crippen LogP contribution in [0.1, 0.15) is 46.9 Å². The van der Waals surface area contributed by atoms with Crippen molar-refractivity contribution in [2.24, 2.45) is 0 Å². The fraction of sp³-hybridized carbons (Fsp3) is 0.333. The van der Waals surface area contributed by atoms with Crippen LogP contribution in [0.2, 0.25) is 0 Å². The average molecular weight is 356 g/mol. The van der Waals surface area contributed by atoms with Crippen LogP contribution in [-0.4, -0.2) is 32.1 Å². The van der Waals surface area contributed by atoms with Crippen molar-refractivity contribution >= 4 is 11.8 Å². The number of unbranched alkanes of at least 4 members (excludes halogenated alkanes) is 1. The van der Waals surface area contributed by atoms with Crippen molar-refractivity contribution in [2.75, 3.05) is 20.3 Å². The van der Waals surface area contributed by atoms with Gasteiger partial charge in [-0.25, -0.2) is 4.79 Å². The van der Waals surface area contributed by atoms with Gasteiger partial charge in [-0.2, -0.15) is 0 Å². The van der Waals surface area contributed by atoms with Gasteiger partial charge in [0.05, 0.1) is 25.9 Å². The number of ketones is 1. The molecule has 138 valence electrons. The molecule has 26 heavy (non-hydrogen) atoms. The van der Waals surface area contributed by atoms with Crippen LogP contribution in [0, 0.1) is 0 Å². The third-order valence-electron chi connectivity index (χ3n) is 3.84. The first-order valence-electron chi connectivity index (χ1n) is 8.71. The van der Waals surface area contributed by atoms with E-state index in [0.29, 0.717) is 36.5 Å². The first-order valence-corrected chi connectivity index (χ1v) is 8.71. The smallest absolute Gasteiger partial charge is 0.338 e. The van der Waals surface area contributed by atoms with Crippen molar-refractivity contribution in [2.45, 2.75) is 26.2 Å². The summed E-state index contributed by atoms with van der Waals surface area (Å²) in [7, 11) is 1.60. The van der Waals surface area contributed by atoms with E-state index in [-0.39, 0.29) is 11.8 Å². The lowest BCUT2D eigenvalue weighted by Gasteiger charge is -2.07. The van der Waals surface area contributed by atoms with Crippen molar-refractivity contribution in [1.82, 2.24) is 0 Å². The van der Waals surface area contributed by atoms with E-state index in [0.717, 1.165) is 18.6 Å². The zero-order valence-electron chi connectivity index (χ0n) is 15.2. The largest absolute Gasteiger partial charge is 0.497 e. The predicted octanol–water partition coefficient (Wildman–Crippen LogP) is 4.30. The Morgan fingerprint density at radius 2 is 1.46 bits per heavy atom. The lowest BCUT2D eigenvalue weighted by molar-refractivity contribution is 0.0526. The third kappa shape index (κ3) is 5.92. The lowest BCUT2D eigenvalue weighted by Crippen LogP contribution is -2.05. The molecule has 0 fully saturated rings. The highest BCUT2D eigenvalue weighted by Gasteiger charge is 2.07. The second-order valence-electron chi connectivity index (χ2n) is 5.70. The summed E-state index contributed by atoms with van der Waals surface area (Å²) in [6.45, 7) is 2.65. The van der Waals surface area contributed by atoms with Gasteiger partial charge in [0.15, 0.2) is 5.78 Å². The highest BCUT2D eigenvalue weighted by molar-refractivity contribution is 5.96. The Hall–Kier alpha value is -2.82. The van der Waals surface area contributed by atoms with Gasteiger partial charge in [0.1, 0.15) is 11.5 Å². The molecule has 0 aliphatic rings. The van der Waals surface area contributed by atoms with E-state index in [2.05, 4.69) is 0 Å². The van der Waals surface area contributed by atoms with Crippen molar-refractivity contribution < 1.29 is 23.8 Å². The minimum atomic E-state index is -0.337. The Kier molecular flexibility index (Phi) is 7.68. The fourth-order valence-electron chi connectivity index (χ4n) is 2.40. The molecular weight excluding hydrogens is 332 g/mol. The second kappa shape index (κ2) is 10.2. The molecule has 0 aliphatic heterocycles. The van der Waals surface area contributed by atoms with Crippen molar-refractivity contribution in [3.8, 4) is 11.5 Å². The number of carbonyl (C=O) groups excluding carboxylic acids is 2. The molecule has 0 saturated carbocycles. The van der Waals surface area contributed by atoms with Gasteiger partial charge in [0, 0.05) is 12.0 Å². The first kappa shape index (κ1) is 19.5. The molecule has 0 amide bonds. The highest BCUT2D eigenvalue weighted by atomic mass is 16.5. The summed E-state index contributed by atoms with van der Waals surface area (Å²) in [5, 5.41) is 0. The summed E-state index contributed by atoms with van der Waals surface area (Å²) < 4.78 is 15.7. The average Bonchev–Trinajstić information content (AvgIpc) is 2.68. The first-order chi connectivity index (χ1) is 12.6. The molecule has 0 unspecified atom stereocenters. The number of carbonyl (C=O) groups is 2. The summed E-state index contributed by atoms with van der Waals surface area (Å²) in [5.74, 6) is 1.21. The maximum atomic E-state index is 12.1. The quantitative estimate of drug-likeness (QED) is 0.361. The molecule has 0 aliphatic carbocycles. The Balaban J connectivity index is 1.68. The lowest BCUT2D eigenvalue weighted by atomic mass is 10.1. The van der Waals surface area contributed by atoms with Gasteiger partial charge >= 0.3 is 5.97 Å². The molecule has 0 heterocycles. The summed E-state index contributed by atoms with van der Waals surface area (Å²) in [5.41, 5.74) is 1.20. The van der Waals surface area contributed by atoms with E-state index in [1.807, 2.05) is 0 Å². The van der Waals surface area contributed by atoms with E-state index in [1.165, 1.54) is 0 Å². The minimum absolute atomic E-state index is 0.117. The second-order valence-corrected chi connectivity index (χ2v) is 5.70. The molecule has 0 spiro atoms. The number of ether oxygens (including phenoxy) is 3. The summed E-state index contributed by atoms with van der Waals surface area (Å²) >= 11 is 0. The zero-order chi connectivity index (χ0) is 18.8. The summed E-state index contributed by atoms with van der Waals surface area (Å²) in [6.07, 6.45) is 2.02. The van der Waals surface area contributed by atoms with E-state index in [1.54, 1.807) is 62.6 Å². The van der Waals surface area contributed by atoms with Gasteiger partial charge in [-0.1, -0.05) is 0 Å². The van der Waals surface area contributed by atoms with Gasteiger partial charge < -0.3 is 14.2 Å². The van der Waals surface area contributed by atoms with Crippen LogP contribution < -0.4 is 9.47 Å². The van der Waals surface area contributed by atoms with Crippen LogP contribution in [0.3, 0.4) is 0 Å². The Bertz CT molecular complexity index is 704. The summed E-state index contributed by atoms with van der Waals surface area (Å²) in [4.78, 5) is 23.7. The van der Waals surface area contributed by atoms with Gasteiger partial charge in [0.2, 0.25) is 0 Å². The van der Waals surface area contributed by atoms with Gasteiger partial charge in [0.25, 0.3) is 0 Å². The number of rotatable bonds is 10. The van der Waals surface area contributed by atoms with Crippen LogP contribution >= 0.6 is 0 Å². The van der Waals surface area contributed by atoms with Gasteiger partial charge in [-0.3, -0.25) is 4.79 Å². The van der Waals surface area contributed by atoms with E-state index in [4.69, 9.17) is 14.2 Å². The number of hydrogen-bond donors (Lipinski definition) is 0. The Morgan fingerprint density at radius 3 is 2.08 bits per heavy atom. The molecular formula is C21H24O5. The molecule has 5 nitrogen and oxygen atoms in total. The maximum Gasteiger partial charge on any atom is 0.338 e. The van der Waals surface area contributed by atoms with Crippen LogP contribution in [0.5, 0.6) is 11.5 Å². The number of esters is 1. The molecule has 2 aromatic carbocycles. The minimum Gasteiger partial charge on any atom is -0.497 e. The Morgan fingerprint density at radius 1 is 0.846 bits per heavy atom. The predicted molar refractivity (Wildman–Crippen MR) is 99.1 cm³/mol. The van der Waals surface area contributed by atoms with Crippen LogP contribution in [0.4, 0.5) is 0 Å². The zero-order valence-corrected chi connectivity index (χ0v) is 15.2. The van der Waals surface area contributed by atoms with Crippen LogP contribution in [-0.2, 0) is 4.74 Å². The third-order valence-corrected chi connectivity index (χ3v) is 3.84. The number of Topliss-reactive ketones (excluding diaryl/α,β-unsaturated/α-hetero) is 1. The van der Waals surface area contributed by atoms with Crippen molar-refractivity contribution in [1.29, 1.82) is 0 Å². The van der Waals surface area contributed by atoms with E-state index in [9.17, 15) is 9.59 Å². The Labute approximate surface area is 153 Å². The monoisotopic (exact) mass is 356 g/mol. The molecule has 5 heteroatoms. The molecule has 2 aromatic rings. The van der Waals surface area contributed by atoms with Crippen LogP contribution in [0.15, 0.2) is 48.5 Å². The van der Waals surface area contributed by atoms with E-state index >= 15 is 0 Å². The molecule has 0 bridgehead atoms. The SMILES string of the molecule is CCOC(=O)c1ccc(OCCCCC(=O)c2ccc(OC)cc2)cc1. The number of benzene rings is 2. The van der Waals surface area contributed by atoms with Gasteiger partial charge in [-0.05, 0) is 68.3 Å². The maximum absolute atomic E-state index is 12.1. The molecule has 0 atom stereocenters. The molecule has 0 saturated heterocycles. The fourth-order valence-corrected chi connectivity index (χ4v) is 2.40.